The molecule has 1 aliphatic heterocycles. The van der Waals surface area contributed by atoms with Crippen LogP contribution in [0.2, 0.25) is 0 Å². The summed E-state index contributed by atoms with van der Waals surface area (Å²) in [5, 5.41) is 6.65. The summed E-state index contributed by atoms with van der Waals surface area (Å²) in [6, 6.07) is 0. The van der Waals surface area contributed by atoms with E-state index in [4.69, 9.17) is 0 Å². The Morgan fingerprint density at radius 1 is 1.25 bits per heavy atom. The van der Waals surface area contributed by atoms with Crippen LogP contribution in [0.25, 0.3) is 0 Å². The largest absolute Gasteiger partial charge is 0.347 e. The zero-order chi connectivity index (χ0) is 4.95. The van der Waals surface area contributed by atoms with Gasteiger partial charge in [-0.25, -0.2) is 0 Å². The Kier molecular flexibility index (Phi) is 3.57. The minimum absolute atomic E-state index is 0. The molecule has 3 radical (unpaired) electrons. The van der Waals surface area contributed by atoms with Crippen molar-refractivity contribution in [1.82, 2.24) is 0 Å². The van der Waals surface area contributed by atoms with Crippen molar-refractivity contribution in [2.45, 2.75) is 0 Å². The second kappa shape index (κ2) is 4.11. The molecular formula is C4H4BN2O. The summed E-state index contributed by atoms with van der Waals surface area (Å²) in [6.45, 7) is 0. The molecule has 4 heteroatoms. The molecule has 0 aromatic carbocycles. The topological polar surface area (TPSA) is 34.0 Å². The SMILES string of the molecule is C1=CN=NOC=C1.[B]. The van der Waals surface area contributed by atoms with Gasteiger partial charge in [0.1, 0.15) is 6.26 Å². The molecule has 0 aromatic rings. The maximum Gasteiger partial charge on any atom is 0.124 e. The normalized spacial score (nSPS) is 14.0. The van der Waals surface area contributed by atoms with Gasteiger partial charge in [0.05, 0.1) is 6.20 Å². The maximum absolute atomic E-state index is 4.41. The lowest BCUT2D eigenvalue weighted by Crippen LogP contribution is -1.56. The Balaban J connectivity index is 0.000000490. The number of hydrogen-bond acceptors (Lipinski definition) is 3. The average Bonchev–Trinajstić information content (AvgIpc) is 1.90. The number of rotatable bonds is 0. The van der Waals surface area contributed by atoms with Crippen molar-refractivity contribution in [1.29, 1.82) is 0 Å². The smallest absolute Gasteiger partial charge is 0.124 e. The van der Waals surface area contributed by atoms with Gasteiger partial charge >= 0.3 is 0 Å². The minimum Gasteiger partial charge on any atom is -0.347 e. The zero-order valence-corrected chi connectivity index (χ0v) is 4.19. The first-order valence-electron chi connectivity index (χ1n) is 1.88. The van der Waals surface area contributed by atoms with E-state index in [1.165, 1.54) is 6.26 Å². The van der Waals surface area contributed by atoms with E-state index in [1.54, 1.807) is 18.4 Å². The van der Waals surface area contributed by atoms with Crippen LogP contribution in [-0.4, -0.2) is 8.41 Å². The molecule has 0 fully saturated rings. The Bertz CT molecular complexity index is 116. The van der Waals surface area contributed by atoms with E-state index in [0.717, 1.165) is 0 Å². The third-order valence-corrected chi connectivity index (χ3v) is 0.498. The van der Waals surface area contributed by atoms with Crippen LogP contribution in [0.1, 0.15) is 0 Å². The van der Waals surface area contributed by atoms with Gasteiger partial charge in [0.25, 0.3) is 0 Å². The van der Waals surface area contributed by atoms with Crippen LogP contribution >= 0.6 is 0 Å². The Labute approximate surface area is 49.3 Å². The van der Waals surface area contributed by atoms with Gasteiger partial charge in [-0.15, -0.1) is 5.11 Å². The van der Waals surface area contributed by atoms with Gasteiger partial charge in [-0.1, -0.05) is 0 Å². The molecule has 0 amide bonds. The molecule has 0 bridgehead atoms. The molecule has 0 unspecified atom stereocenters. The molecule has 3 nitrogen and oxygen atoms in total. The molecule has 0 atom stereocenters. The van der Waals surface area contributed by atoms with Crippen LogP contribution < -0.4 is 0 Å². The maximum atomic E-state index is 4.41. The van der Waals surface area contributed by atoms with E-state index in [1.807, 2.05) is 0 Å². The summed E-state index contributed by atoms with van der Waals surface area (Å²) in [4.78, 5) is 4.41. The lowest BCUT2D eigenvalue weighted by Gasteiger charge is -1.75. The van der Waals surface area contributed by atoms with E-state index >= 15 is 0 Å². The number of nitrogens with zero attached hydrogens (tertiary/aromatic N) is 2. The van der Waals surface area contributed by atoms with Crippen molar-refractivity contribution in [2.75, 3.05) is 0 Å². The van der Waals surface area contributed by atoms with Gasteiger partial charge in [0, 0.05) is 13.7 Å². The summed E-state index contributed by atoms with van der Waals surface area (Å²) >= 11 is 0. The number of hydrogen-bond donors (Lipinski definition) is 0. The van der Waals surface area contributed by atoms with Gasteiger partial charge in [-0.05, 0) is 12.2 Å². The van der Waals surface area contributed by atoms with Crippen molar-refractivity contribution in [3.63, 3.8) is 0 Å². The van der Waals surface area contributed by atoms with Gasteiger partial charge in [0.15, 0.2) is 0 Å². The van der Waals surface area contributed by atoms with E-state index in [0.29, 0.717) is 0 Å². The van der Waals surface area contributed by atoms with Gasteiger partial charge in [-0.3, -0.25) is 0 Å². The Morgan fingerprint density at radius 3 is 3.00 bits per heavy atom. The number of allylic oxidation sites excluding steroid dienone is 2. The van der Waals surface area contributed by atoms with E-state index in [9.17, 15) is 0 Å². The molecule has 0 aromatic heterocycles. The highest BCUT2D eigenvalue weighted by Crippen LogP contribution is 1.88. The molecule has 0 spiro atoms. The standard InChI is InChI=1S/C4H4N2O.B/c1-2-4-7-6-5-3-1;/h1-4H;. The van der Waals surface area contributed by atoms with Crippen LogP contribution in [0.3, 0.4) is 0 Å². The fourth-order valence-corrected chi connectivity index (χ4v) is 0.250. The highest BCUT2D eigenvalue weighted by Gasteiger charge is 1.71. The van der Waals surface area contributed by atoms with Crippen LogP contribution in [0.4, 0.5) is 0 Å². The van der Waals surface area contributed by atoms with Crippen LogP contribution in [0.15, 0.2) is 35.0 Å². The Hall–Kier alpha value is -1.06. The second-order valence-electron chi connectivity index (χ2n) is 0.973. The third-order valence-electron chi connectivity index (χ3n) is 0.498. The zero-order valence-electron chi connectivity index (χ0n) is 4.19. The molecular weight excluding hydrogens is 103 g/mol. The first-order chi connectivity index (χ1) is 3.50. The average molecular weight is 107 g/mol. The highest BCUT2D eigenvalue weighted by molar-refractivity contribution is 5.75. The summed E-state index contributed by atoms with van der Waals surface area (Å²) < 4.78 is 0. The van der Waals surface area contributed by atoms with E-state index < -0.39 is 0 Å². The monoisotopic (exact) mass is 107 g/mol. The molecule has 0 saturated heterocycles. The Morgan fingerprint density at radius 2 is 2.12 bits per heavy atom. The summed E-state index contributed by atoms with van der Waals surface area (Å²) in [6.07, 6.45) is 6.44. The van der Waals surface area contributed by atoms with Gasteiger partial charge in [0.2, 0.25) is 0 Å². The molecule has 0 N–H and O–H groups in total. The van der Waals surface area contributed by atoms with Gasteiger partial charge in [-0.2, -0.15) is 0 Å². The predicted molar refractivity (Wildman–Crippen MR) is 30.0 cm³/mol. The van der Waals surface area contributed by atoms with Crippen molar-refractivity contribution < 1.29 is 4.84 Å². The first kappa shape index (κ1) is 6.94. The summed E-state index contributed by atoms with van der Waals surface area (Å²) in [7, 11) is 0. The fraction of sp³-hybridized carbons (Fsp3) is 0. The third kappa shape index (κ3) is 2.18. The molecule has 1 aliphatic rings. The van der Waals surface area contributed by atoms with Crippen LogP contribution in [0, 0.1) is 0 Å². The molecule has 0 saturated carbocycles. The van der Waals surface area contributed by atoms with Crippen molar-refractivity contribution in [3.05, 3.63) is 24.6 Å². The van der Waals surface area contributed by atoms with Crippen LogP contribution in [0.5, 0.6) is 0 Å². The molecule has 8 heavy (non-hydrogen) atoms. The lowest BCUT2D eigenvalue weighted by atomic mass is 10.6. The molecule has 0 aliphatic carbocycles. The van der Waals surface area contributed by atoms with Crippen LogP contribution in [-0.2, 0) is 4.84 Å². The summed E-state index contributed by atoms with van der Waals surface area (Å²) in [5.74, 6) is 0. The quantitative estimate of drug-likeness (QED) is 0.425. The predicted octanol–water partition coefficient (Wildman–Crippen LogP) is 1.03. The fourth-order valence-electron chi connectivity index (χ4n) is 0.250. The summed E-state index contributed by atoms with van der Waals surface area (Å²) in [5.41, 5.74) is 0. The van der Waals surface area contributed by atoms with Crippen molar-refractivity contribution in [2.24, 2.45) is 10.4 Å². The second-order valence-corrected chi connectivity index (χ2v) is 0.973. The van der Waals surface area contributed by atoms with Gasteiger partial charge < -0.3 is 4.84 Å². The molecule has 1 heterocycles. The lowest BCUT2D eigenvalue weighted by molar-refractivity contribution is 0.243. The molecule has 39 valence electrons. The van der Waals surface area contributed by atoms with E-state index in [2.05, 4.69) is 15.2 Å². The minimum atomic E-state index is 0. The van der Waals surface area contributed by atoms with Crippen molar-refractivity contribution in [3.8, 4) is 0 Å². The molecule has 1 rings (SSSR count). The van der Waals surface area contributed by atoms with E-state index in [-0.39, 0.29) is 8.41 Å². The first-order valence-corrected chi connectivity index (χ1v) is 1.88. The van der Waals surface area contributed by atoms with Crippen molar-refractivity contribution >= 4 is 8.41 Å². The highest BCUT2D eigenvalue weighted by atomic mass is 16.6.